The predicted octanol–water partition coefficient (Wildman–Crippen LogP) is 6.31. The molecule has 1 aromatic heterocycles. The summed E-state index contributed by atoms with van der Waals surface area (Å²) in [5.74, 6) is -0.135. The number of aromatic nitrogens is 2. The monoisotopic (exact) mass is 577 g/mol. The molecule has 4 aromatic rings. The molecule has 0 saturated heterocycles. The van der Waals surface area contributed by atoms with Crippen molar-refractivity contribution in [3.8, 4) is 5.69 Å². The molecular weight excluding hydrogens is 547 g/mol. The van der Waals surface area contributed by atoms with Crippen molar-refractivity contribution in [2.24, 2.45) is 5.92 Å². The number of hydrogen-bond acceptors (Lipinski definition) is 4. The molecule has 42 heavy (non-hydrogen) atoms. The van der Waals surface area contributed by atoms with Crippen molar-refractivity contribution < 1.29 is 27.9 Å². The van der Waals surface area contributed by atoms with Gasteiger partial charge >= 0.3 is 12.3 Å². The number of amides is 2. The SMILES string of the molecule is Cc1cccc(C(NCC2CC2)c2cccc(NC(=O)c3cc(C(F)(F)F)nn3-c3cccc(CNC(=O)O)c3)c2)c1. The molecule has 0 spiro atoms. The van der Waals surface area contributed by atoms with Crippen molar-refractivity contribution in [1.82, 2.24) is 20.4 Å². The van der Waals surface area contributed by atoms with E-state index in [-0.39, 0.29) is 24.0 Å². The third kappa shape index (κ3) is 7.16. The number of halogens is 3. The fraction of sp³-hybridized carbons (Fsp3) is 0.258. The van der Waals surface area contributed by atoms with Gasteiger partial charge in [-0.05, 0) is 73.2 Å². The average molecular weight is 578 g/mol. The zero-order chi connectivity index (χ0) is 29.9. The van der Waals surface area contributed by atoms with Gasteiger partial charge in [0.25, 0.3) is 5.91 Å². The number of benzene rings is 3. The quantitative estimate of drug-likeness (QED) is 0.177. The lowest BCUT2D eigenvalue weighted by atomic mass is 9.96. The van der Waals surface area contributed by atoms with E-state index in [2.05, 4.69) is 27.1 Å². The molecule has 0 radical (unpaired) electrons. The van der Waals surface area contributed by atoms with Gasteiger partial charge in [0.05, 0.1) is 11.7 Å². The molecule has 0 bridgehead atoms. The van der Waals surface area contributed by atoms with Gasteiger partial charge in [0.1, 0.15) is 5.69 Å². The molecule has 1 unspecified atom stereocenters. The topological polar surface area (TPSA) is 108 Å². The zero-order valence-corrected chi connectivity index (χ0v) is 22.8. The Balaban J connectivity index is 1.44. The smallest absolute Gasteiger partial charge is 0.435 e. The van der Waals surface area contributed by atoms with E-state index >= 15 is 0 Å². The first kappa shape index (κ1) is 28.9. The number of carbonyl (C=O) groups excluding carboxylic acids is 1. The van der Waals surface area contributed by atoms with Crippen LogP contribution in [0.25, 0.3) is 5.69 Å². The van der Waals surface area contributed by atoms with Crippen LogP contribution in [0.1, 0.15) is 57.3 Å². The number of carboxylic acid groups (broad SMARTS) is 1. The highest BCUT2D eigenvalue weighted by Crippen LogP contribution is 2.32. The summed E-state index contributed by atoms with van der Waals surface area (Å²) in [6.45, 7) is 2.81. The first-order chi connectivity index (χ1) is 20.1. The van der Waals surface area contributed by atoms with E-state index in [9.17, 15) is 22.8 Å². The second kappa shape index (κ2) is 12.1. The lowest BCUT2D eigenvalue weighted by Crippen LogP contribution is -2.25. The Morgan fingerprint density at radius 2 is 1.71 bits per heavy atom. The number of carbonyl (C=O) groups is 2. The van der Waals surface area contributed by atoms with Crippen LogP contribution in [0.4, 0.5) is 23.7 Å². The van der Waals surface area contributed by atoms with E-state index in [1.165, 1.54) is 25.0 Å². The van der Waals surface area contributed by atoms with Gasteiger partial charge in [-0.3, -0.25) is 4.79 Å². The summed E-state index contributed by atoms with van der Waals surface area (Å²) in [4.78, 5) is 24.3. The molecule has 1 aliphatic carbocycles. The minimum absolute atomic E-state index is 0.0677. The highest BCUT2D eigenvalue weighted by atomic mass is 19.4. The molecule has 1 fully saturated rings. The van der Waals surface area contributed by atoms with Crippen LogP contribution in [0.2, 0.25) is 0 Å². The van der Waals surface area contributed by atoms with Gasteiger partial charge in [0, 0.05) is 18.3 Å². The van der Waals surface area contributed by atoms with E-state index in [0.29, 0.717) is 23.2 Å². The lowest BCUT2D eigenvalue weighted by molar-refractivity contribution is -0.141. The van der Waals surface area contributed by atoms with Crippen LogP contribution in [-0.4, -0.2) is 33.4 Å². The second-order valence-electron chi connectivity index (χ2n) is 10.4. The standard InChI is InChI=1S/C31H30F3N5O3/c1-19-5-2-7-22(13-19)28(35-17-20-11-12-20)23-8-4-9-24(15-23)37-29(40)26-16-27(31(32,33)34)38-39(26)25-10-3-6-21(14-25)18-36-30(41)42/h2-10,13-16,20,28,35-36H,11-12,17-18H2,1H3,(H,37,40)(H,41,42). The van der Waals surface area contributed by atoms with Crippen molar-refractivity contribution >= 4 is 17.7 Å². The van der Waals surface area contributed by atoms with Crippen molar-refractivity contribution in [1.29, 1.82) is 0 Å². The van der Waals surface area contributed by atoms with Crippen LogP contribution < -0.4 is 16.0 Å². The third-order valence-corrected chi connectivity index (χ3v) is 6.99. The van der Waals surface area contributed by atoms with E-state index in [1.54, 1.807) is 24.3 Å². The van der Waals surface area contributed by atoms with Crippen LogP contribution in [0.3, 0.4) is 0 Å². The van der Waals surface area contributed by atoms with E-state index in [0.717, 1.165) is 27.9 Å². The summed E-state index contributed by atoms with van der Waals surface area (Å²) in [5, 5.41) is 21.1. The molecule has 1 aliphatic rings. The van der Waals surface area contributed by atoms with Crippen molar-refractivity contribution in [3.05, 3.63) is 113 Å². The summed E-state index contributed by atoms with van der Waals surface area (Å²) < 4.78 is 41.9. The Morgan fingerprint density at radius 1 is 1.00 bits per heavy atom. The first-order valence-corrected chi connectivity index (χ1v) is 13.5. The van der Waals surface area contributed by atoms with E-state index in [4.69, 9.17) is 5.11 Å². The summed E-state index contributed by atoms with van der Waals surface area (Å²) in [7, 11) is 0. The number of aryl methyl sites for hydroxylation is 1. The van der Waals surface area contributed by atoms with Gasteiger partial charge in [0.15, 0.2) is 5.69 Å². The van der Waals surface area contributed by atoms with Crippen molar-refractivity contribution in [2.75, 3.05) is 11.9 Å². The number of nitrogens with one attached hydrogen (secondary N) is 3. The van der Waals surface area contributed by atoms with Gasteiger partial charge in [-0.2, -0.15) is 18.3 Å². The summed E-state index contributed by atoms with van der Waals surface area (Å²) in [5.41, 5.74) is 2.64. The number of alkyl halides is 3. The molecule has 1 atom stereocenters. The molecule has 1 saturated carbocycles. The third-order valence-electron chi connectivity index (χ3n) is 6.99. The highest BCUT2D eigenvalue weighted by molar-refractivity contribution is 6.03. The van der Waals surface area contributed by atoms with Crippen molar-refractivity contribution in [3.63, 3.8) is 0 Å². The summed E-state index contributed by atoms with van der Waals surface area (Å²) in [6.07, 6.45) is -3.64. The van der Waals surface area contributed by atoms with Gasteiger partial charge in [0.2, 0.25) is 0 Å². The molecule has 0 aliphatic heterocycles. The van der Waals surface area contributed by atoms with Gasteiger partial charge in [-0.1, -0.05) is 54.1 Å². The maximum Gasteiger partial charge on any atom is 0.435 e. The molecule has 218 valence electrons. The predicted molar refractivity (Wildman–Crippen MR) is 152 cm³/mol. The van der Waals surface area contributed by atoms with Gasteiger partial charge in [-0.25, -0.2) is 9.48 Å². The number of rotatable bonds is 10. The molecule has 3 aromatic carbocycles. The maximum absolute atomic E-state index is 13.7. The molecule has 8 nitrogen and oxygen atoms in total. The molecular formula is C31H30F3N5O3. The Hall–Kier alpha value is -4.64. The second-order valence-corrected chi connectivity index (χ2v) is 10.4. The van der Waals surface area contributed by atoms with Crippen LogP contribution in [0.5, 0.6) is 0 Å². The zero-order valence-electron chi connectivity index (χ0n) is 22.8. The minimum atomic E-state index is -4.78. The number of anilines is 1. The molecule has 5 rings (SSSR count). The number of hydrogen-bond donors (Lipinski definition) is 4. The maximum atomic E-state index is 13.7. The molecule has 1 heterocycles. The highest BCUT2D eigenvalue weighted by Gasteiger charge is 2.36. The Kier molecular flexibility index (Phi) is 8.30. The number of nitrogens with zero attached hydrogens (tertiary/aromatic N) is 2. The average Bonchev–Trinajstić information content (AvgIpc) is 3.65. The van der Waals surface area contributed by atoms with Crippen LogP contribution in [-0.2, 0) is 12.7 Å². The van der Waals surface area contributed by atoms with E-state index in [1.807, 2.05) is 37.3 Å². The Labute approximate surface area is 240 Å². The normalized spacial score (nSPS) is 13.9. The fourth-order valence-electron chi connectivity index (χ4n) is 4.73. The Morgan fingerprint density at radius 3 is 2.40 bits per heavy atom. The molecule has 4 N–H and O–H groups in total. The summed E-state index contributed by atoms with van der Waals surface area (Å²) in [6, 6.07) is 22.1. The van der Waals surface area contributed by atoms with Crippen molar-refractivity contribution in [2.45, 2.75) is 38.5 Å². The largest absolute Gasteiger partial charge is 0.465 e. The van der Waals surface area contributed by atoms with Crippen LogP contribution in [0.15, 0.2) is 78.9 Å². The molecule has 11 heteroatoms. The first-order valence-electron chi connectivity index (χ1n) is 13.5. The van der Waals surface area contributed by atoms with Gasteiger partial charge < -0.3 is 21.1 Å². The van der Waals surface area contributed by atoms with Crippen LogP contribution in [0, 0.1) is 12.8 Å². The molecule has 2 amide bonds. The van der Waals surface area contributed by atoms with Gasteiger partial charge in [-0.15, -0.1) is 0 Å². The Bertz CT molecular complexity index is 1600. The van der Waals surface area contributed by atoms with E-state index < -0.39 is 23.9 Å². The lowest BCUT2D eigenvalue weighted by Gasteiger charge is -2.21. The fourth-order valence-corrected chi connectivity index (χ4v) is 4.73. The summed E-state index contributed by atoms with van der Waals surface area (Å²) >= 11 is 0. The minimum Gasteiger partial charge on any atom is -0.465 e. The van der Waals surface area contributed by atoms with Crippen LogP contribution >= 0.6 is 0 Å².